The van der Waals surface area contributed by atoms with Crippen molar-refractivity contribution >= 4 is 17.7 Å². The molecule has 1 rings (SSSR count). The molecule has 98 valence electrons. The molecule has 1 N–H and O–H groups in total. The summed E-state index contributed by atoms with van der Waals surface area (Å²) in [6.07, 6.45) is 5.24. The number of aryl methyl sites for hydroxylation is 2. The molecule has 0 atom stereocenters. The Morgan fingerprint density at radius 2 is 2.35 bits per heavy atom. The van der Waals surface area contributed by atoms with E-state index in [1.807, 2.05) is 25.6 Å². The van der Waals surface area contributed by atoms with Crippen LogP contribution in [0.2, 0.25) is 0 Å². The average molecular weight is 257 g/mol. The number of nitrogens with one attached hydrogen (secondary N) is 1. The van der Waals surface area contributed by atoms with Gasteiger partial charge in [-0.05, 0) is 26.5 Å². The summed E-state index contributed by atoms with van der Waals surface area (Å²) in [5.41, 5.74) is 1.07. The molecule has 1 heterocycles. The number of imidazole rings is 1. The summed E-state index contributed by atoms with van der Waals surface area (Å²) in [7, 11) is 0. The van der Waals surface area contributed by atoms with Crippen LogP contribution in [-0.4, -0.2) is 41.3 Å². The molecule has 1 aromatic rings. The van der Waals surface area contributed by atoms with Gasteiger partial charge in [-0.2, -0.15) is 11.8 Å². The van der Waals surface area contributed by atoms with Gasteiger partial charge < -0.3 is 14.6 Å². The maximum Gasteiger partial charge on any atom is 0.203 e. The van der Waals surface area contributed by atoms with Crippen molar-refractivity contribution in [3.63, 3.8) is 0 Å². The molecule has 0 saturated heterocycles. The minimum Gasteiger partial charge on any atom is -0.382 e. The topological polar surface area (TPSA) is 39.1 Å². The molecular formula is C12H23N3OS. The van der Waals surface area contributed by atoms with Crippen molar-refractivity contribution in [2.45, 2.75) is 26.8 Å². The van der Waals surface area contributed by atoms with Crippen LogP contribution in [0, 0.1) is 6.92 Å². The number of aromatic nitrogens is 2. The van der Waals surface area contributed by atoms with Crippen molar-refractivity contribution in [3.8, 4) is 0 Å². The Bertz CT molecular complexity index is 315. The van der Waals surface area contributed by atoms with Crippen LogP contribution in [0.5, 0.6) is 0 Å². The number of thioether (sulfide) groups is 1. The molecule has 5 heteroatoms. The second-order valence-electron chi connectivity index (χ2n) is 3.87. The highest BCUT2D eigenvalue weighted by molar-refractivity contribution is 7.98. The first kappa shape index (κ1) is 14.4. The van der Waals surface area contributed by atoms with Gasteiger partial charge in [0.25, 0.3) is 0 Å². The summed E-state index contributed by atoms with van der Waals surface area (Å²) < 4.78 is 7.49. The summed E-state index contributed by atoms with van der Waals surface area (Å²) in [6, 6.07) is 0. The second kappa shape index (κ2) is 8.42. The molecule has 0 saturated carbocycles. The molecular weight excluding hydrogens is 234 g/mol. The van der Waals surface area contributed by atoms with E-state index < -0.39 is 0 Å². The van der Waals surface area contributed by atoms with E-state index in [0.717, 1.165) is 50.1 Å². The Morgan fingerprint density at radius 3 is 3.06 bits per heavy atom. The van der Waals surface area contributed by atoms with Gasteiger partial charge in [0.15, 0.2) is 0 Å². The Morgan fingerprint density at radius 1 is 1.53 bits per heavy atom. The molecule has 0 bridgehead atoms. The highest BCUT2D eigenvalue weighted by atomic mass is 32.2. The van der Waals surface area contributed by atoms with Crippen LogP contribution in [-0.2, 0) is 11.3 Å². The minimum absolute atomic E-state index is 0.793. The first-order valence-corrected chi connectivity index (χ1v) is 7.51. The zero-order valence-corrected chi connectivity index (χ0v) is 11.8. The lowest BCUT2D eigenvalue weighted by Crippen LogP contribution is -2.11. The largest absolute Gasteiger partial charge is 0.382 e. The zero-order valence-electron chi connectivity index (χ0n) is 11.0. The lowest BCUT2D eigenvalue weighted by molar-refractivity contribution is 0.147. The van der Waals surface area contributed by atoms with Gasteiger partial charge in [-0.3, -0.25) is 0 Å². The van der Waals surface area contributed by atoms with Crippen LogP contribution in [0.3, 0.4) is 0 Å². The highest BCUT2D eigenvalue weighted by Gasteiger charge is 2.04. The predicted octanol–water partition coefficient (Wildman–Crippen LogP) is 2.39. The van der Waals surface area contributed by atoms with Gasteiger partial charge in [0.1, 0.15) is 0 Å². The van der Waals surface area contributed by atoms with Crippen LogP contribution in [0.1, 0.15) is 19.0 Å². The van der Waals surface area contributed by atoms with Crippen molar-refractivity contribution < 1.29 is 4.74 Å². The molecule has 0 amide bonds. The van der Waals surface area contributed by atoms with Crippen molar-refractivity contribution in [1.82, 2.24) is 9.55 Å². The predicted molar refractivity (Wildman–Crippen MR) is 74.9 cm³/mol. The van der Waals surface area contributed by atoms with E-state index in [1.54, 1.807) is 0 Å². The molecule has 1 aromatic heterocycles. The molecule has 17 heavy (non-hydrogen) atoms. The van der Waals surface area contributed by atoms with E-state index in [2.05, 4.69) is 27.3 Å². The Balaban J connectivity index is 2.35. The number of nitrogens with zero attached hydrogens (tertiary/aromatic N) is 2. The fourth-order valence-electron chi connectivity index (χ4n) is 1.57. The van der Waals surface area contributed by atoms with Crippen LogP contribution < -0.4 is 5.32 Å². The molecule has 0 radical (unpaired) electrons. The van der Waals surface area contributed by atoms with E-state index in [-0.39, 0.29) is 0 Å². The van der Waals surface area contributed by atoms with Crippen LogP contribution in [0.15, 0.2) is 6.20 Å². The summed E-state index contributed by atoms with van der Waals surface area (Å²) in [6.45, 7) is 7.58. The number of hydrogen-bond acceptors (Lipinski definition) is 4. The third kappa shape index (κ3) is 5.46. The molecule has 0 unspecified atom stereocenters. The third-order valence-electron chi connectivity index (χ3n) is 2.39. The van der Waals surface area contributed by atoms with Gasteiger partial charge in [-0.15, -0.1) is 0 Å². The van der Waals surface area contributed by atoms with E-state index in [9.17, 15) is 0 Å². The van der Waals surface area contributed by atoms with Crippen molar-refractivity contribution in [2.24, 2.45) is 0 Å². The molecule has 0 aliphatic carbocycles. The van der Waals surface area contributed by atoms with Crippen molar-refractivity contribution in [1.29, 1.82) is 0 Å². The van der Waals surface area contributed by atoms with E-state index >= 15 is 0 Å². The first-order valence-electron chi connectivity index (χ1n) is 6.12. The zero-order chi connectivity index (χ0) is 12.5. The lowest BCUT2D eigenvalue weighted by Gasteiger charge is -2.08. The Kier molecular flexibility index (Phi) is 7.12. The van der Waals surface area contributed by atoms with Gasteiger partial charge in [0.2, 0.25) is 5.95 Å². The number of ether oxygens (including phenoxy) is 1. The molecule has 0 spiro atoms. The van der Waals surface area contributed by atoms with Crippen LogP contribution >= 0.6 is 11.8 Å². The molecule has 0 aliphatic heterocycles. The summed E-state index contributed by atoms with van der Waals surface area (Å²) in [5, 5.41) is 3.36. The summed E-state index contributed by atoms with van der Waals surface area (Å²) in [5.74, 6) is 2.09. The van der Waals surface area contributed by atoms with Crippen molar-refractivity contribution in [3.05, 3.63) is 11.9 Å². The average Bonchev–Trinajstić information content (AvgIpc) is 2.67. The number of hydrogen-bond donors (Lipinski definition) is 1. The maximum atomic E-state index is 5.30. The molecule has 0 fully saturated rings. The van der Waals surface area contributed by atoms with Gasteiger partial charge >= 0.3 is 0 Å². The second-order valence-corrected chi connectivity index (χ2v) is 4.85. The standard InChI is InChI=1S/C12H23N3OS/c1-4-16-8-5-6-13-12-14-11(2)10-15(12)7-9-17-3/h10H,4-9H2,1-3H3,(H,13,14). The Labute approximate surface area is 108 Å². The maximum absolute atomic E-state index is 5.30. The lowest BCUT2D eigenvalue weighted by atomic mass is 10.4. The third-order valence-corrected chi connectivity index (χ3v) is 2.98. The minimum atomic E-state index is 0.793. The molecule has 4 nitrogen and oxygen atoms in total. The summed E-state index contributed by atoms with van der Waals surface area (Å²) in [4.78, 5) is 4.48. The van der Waals surface area contributed by atoms with E-state index in [4.69, 9.17) is 4.74 Å². The fraction of sp³-hybridized carbons (Fsp3) is 0.750. The monoisotopic (exact) mass is 257 g/mol. The van der Waals surface area contributed by atoms with Crippen molar-refractivity contribution in [2.75, 3.05) is 37.1 Å². The SMILES string of the molecule is CCOCCCNc1nc(C)cn1CCSC. The summed E-state index contributed by atoms with van der Waals surface area (Å²) >= 11 is 1.85. The van der Waals surface area contributed by atoms with E-state index in [0.29, 0.717) is 0 Å². The fourth-order valence-corrected chi connectivity index (χ4v) is 1.95. The highest BCUT2D eigenvalue weighted by Crippen LogP contribution is 2.09. The van der Waals surface area contributed by atoms with Crippen LogP contribution in [0.4, 0.5) is 5.95 Å². The quantitative estimate of drug-likeness (QED) is 0.690. The molecule has 0 aliphatic rings. The smallest absolute Gasteiger partial charge is 0.203 e. The van der Waals surface area contributed by atoms with Crippen LogP contribution in [0.25, 0.3) is 0 Å². The van der Waals surface area contributed by atoms with Gasteiger partial charge in [-0.1, -0.05) is 0 Å². The van der Waals surface area contributed by atoms with E-state index in [1.165, 1.54) is 0 Å². The first-order chi connectivity index (χ1) is 8.27. The number of rotatable bonds is 9. The molecule has 0 aromatic carbocycles. The van der Waals surface area contributed by atoms with Gasteiger partial charge in [-0.25, -0.2) is 4.98 Å². The number of anilines is 1. The Hall–Kier alpha value is -0.680. The van der Waals surface area contributed by atoms with Gasteiger partial charge in [0, 0.05) is 38.3 Å². The normalized spacial score (nSPS) is 10.8. The van der Waals surface area contributed by atoms with Gasteiger partial charge in [0.05, 0.1) is 5.69 Å².